The Bertz CT molecular complexity index is 1230. The summed E-state index contributed by atoms with van der Waals surface area (Å²) in [6.07, 6.45) is 3.47. The van der Waals surface area contributed by atoms with Crippen LogP contribution in [0.25, 0.3) is 6.08 Å². The van der Waals surface area contributed by atoms with Gasteiger partial charge in [0.05, 0.1) is 12.2 Å². The van der Waals surface area contributed by atoms with E-state index in [-0.39, 0.29) is 11.4 Å². The first-order valence-corrected chi connectivity index (χ1v) is 11.9. The molecule has 2 aliphatic heterocycles. The molecular weight excluding hydrogens is 450 g/mol. The molecule has 0 atom stereocenters. The molecule has 176 valence electrons. The van der Waals surface area contributed by atoms with Crippen LogP contribution in [0.3, 0.4) is 0 Å². The summed E-state index contributed by atoms with van der Waals surface area (Å²) >= 11 is 1.39. The normalized spacial score (nSPS) is 16.4. The summed E-state index contributed by atoms with van der Waals surface area (Å²) in [7, 11) is 0. The van der Waals surface area contributed by atoms with E-state index in [9.17, 15) is 4.79 Å². The highest BCUT2D eigenvalue weighted by atomic mass is 32.2. The summed E-state index contributed by atoms with van der Waals surface area (Å²) < 4.78 is 17.5. The van der Waals surface area contributed by atoms with Gasteiger partial charge in [-0.1, -0.05) is 23.9 Å². The molecular formula is C26H27N3O4S. The van der Waals surface area contributed by atoms with Crippen LogP contribution in [-0.2, 0) is 4.79 Å². The average Bonchev–Trinajstić information content (AvgIpc) is 3.18. The number of hydrogen-bond acceptors (Lipinski definition) is 6. The minimum absolute atomic E-state index is 0.112. The number of aliphatic imine (C=N–C) groups is 1. The minimum atomic E-state index is -0.423. The Morgan fingerprint density at radius 1 is 1.00 bits per heavy atom. The van der Waals surface area contributed by atoms with Crippen LogP contribution in [0.1, 0.15) is 30.5 Å². The van der Waals surface area contributed by atoms with Crippen molar-refractivity contribution in [3.8, 4) is 17.2 Å². The van der Waals surface area contributed by atoms with Gasteiger partial charge in [0.1, 0.15) is 24.8 Å². The van der Waals surface area contributed by atoms with Crippen LogP contribution >= 0.6 is 11.8 Å². The number of aryl methyl sites for hydroxylation is 2. The molecule has 34 heavy (non-hydrogen) atoms. The van der Waals surface area contributed by atoms with E-state index in [0.717, 1.165) is 16.2 Å². The molecule has 0 unspecified atom stereocenters. The molecule has 7 nitrogen and oxygen atoms in total. The Balaban J connectivity index is 1.45. The SMILES string of the molecule is CCOc1cc(C=C2C(=N)N3C=C(C)SC3=NC2=O)ccc1OCCOc1ccc(C)c(C)c1. The van der Waals surface area contributed by atoms with Crippen molar-refractivity contribution in [1.82, 2.24) is 4.90 Å². The van der Waals surface area contributed by atoms with Crippen LogP contribution in [0.4, 0.5) is 0 Å². The maximum absolute atomic E-state index is 12.5. The number of hydrogen-bond donors (Lipinski definition) is 1. The maximum Gasteiger partial charge on any atom is 0.283 e. The lowest BCUT2D eigenvalue weighted by Gasteiger charge is -2.22. The summed E-state index contributed by atoms with van der Waals surface area (Å²) in [5.74, 6) is 1.65. The van der Waals surface area contributed by atoms with Crippen LogP contribution in [-0.4, -0.2) is 41.6 Å². The molecule has 0 aromatic heterocycles. The van der Waals surface area contributed by atoms with E-state index in [2.05, 4.69) is 18.8 Å². The second-order valence-corrected chi connectivity index (χ2v) is 9.11. The zero-order valence-electron chi connectivity index (χ0n) is 19.7. The van der Waals surface area contributed by atoms with E-state index in [1.165, 1.54) is 22.9 Å². The largest absolute Gasteiger partial charge is 0.490 e. The van der Waals surface area contributed by atoms with E-state index < -0.39 is 5.91 Å². The average molecular weight is 478 g/mol. The summed E-state index contributed by atoms with van der Waals surface area (Å²) in [5.41, 5.74) is 3.36. The smallest absolute Gasteiger partial charge is 0.283 e. The predicted octanol–water partition coefficient (Wildman–Crippen LogP) is 5.33. The molecule has 2 aliphatic rings. The Morgan fingerprint density at radius 2 is 1.79 bits per heavy atom. The number of thioether (sulfide) groups is 1. The summed E-state index contributed by atoms with van der Waals surface area (Å²) in [6.45, 7) is 9.16. The van der Waals surface area contributed by atoms with Gasteiger partial charge in [-0.2, -0.15) is 4.99 Å². The van der Waals surface area contributed by atoms with E-state index in [1.807, 2.05) is 44.3 Å². The minimum Gasteiger partial charge on any atom is -0.490 e. The number of allylic oxidation sites excluding steroid dienone is 1. The first-order chi connectivity index (χ1) is 16.4. The molecule has 2 heterocycles. The molecule has 2 aromatic rings. The van der Waals surface area contributed by atoms with E-state index in [1.54, 1.807) is 23.1 Å². The fourth-order valence-corrected chi connectivity index (χ4v) is 4.30. The lowest BCUT2D eigenvalue weighted by atomic mass is 10.1. The number of carbonyl (C=O) groups is 1. The molecule has 0 aliphatic carbocycles. The maximum atomic E-state index is 12.5. The van der Waals surface area contributed by atoms with Crippen molar-refractivity contribution in [2.75, 3.05) is 19.8 Å². The zero-order valence-corrected chi connectivity index (χ0v) is 20.5. The third-order valence-electron chi connectivity index (χ3n) is 5.36. The van der Waals surface area contributed by atoms with Crippen LogP contribution in [0.15, 0.2) is 58.1 Å². The summed E-state index contributed by atoms with van der Waals surface area (Å²) in [6, 6.07) is 11.4. The van der Waals surface area contributed by atoms with Crippen molar-refractivity contribution >= 4 is 34.7 Å². The van der Waals surface area contributed by atoms with Crippen molar-refractivity contribution in [1.29, 1.82) is 5.41 Å². The molecule has 0 fully saturated rings. The van der Waals surface area contributed by atoms with Crippen LogP contribution in [0, 0.1) is 19.3 Å². The third-order valence-corrected chi connectivity index (χ3v) is 6.26. The third kappa shape index (κ3) is 5.17. The predicted molar refractivity (Wildman–Crippen MR) is 136 cm³/mol. The van der Waals surface area contributed by atoms with Gasteiger partial charge in [-0.05, 0) is 74.7 Å². The molecule has 0 bridgehead atoms. The molecule has 2 aromatic carbocycles. The number of amidine groups is 2. The van der Waals surface area contributed by atoms with Gasteiger partial charge in [0, 0.05) is 11.1 Å². The van der Waals surface area contributed by atoms with Crippen molar-refractivity contribution in [3.05, 3.63) is 69.8 Å². The van der Waals surface area contributed by atoms with Crippen molar-refractivity contribution < 1.29 is 19.0 Å². The molecule has 0 saturated heterocycles. The van der Waals surface area contributed by atoms with E-state index >= 15 is 0 Å². The Labute approximate surface area is 203 Å². The van der Waals surface area contributed by atoms with Gasteiger partial charge in [-0.3, -0.25) is 15.1 Å². The van der Waals surface area contributed by atoms with E-state index in [4.69, 9.17) is 19.6 Å². The van der Waals surface area contributed by atoms with Gasteiger partial charge in [-0.15, -0.1) is 0 Å². The van der Waals surface area contributed by atoms with Gasteiger partial charge in [0.25, 0.3) is 5.91 Å². The number of rotatable bonds is 8. The number of nitrogens with zero attached hydrogens (tertiary/aromatic N) is 2. The number of nitrogens with one attached hydrogen (secondary N) is 1. The Morgan fingerprint density at radius 3 is 2.56 bits per heavy atom. The van der Waals surface area contributed by atoms with Gasteiger partial charge in [0.2, 0.25) is 0 Å². The summed E-state index contributed by atoms with van der Waals surface area (Å²) in [5, 5.41) is 8.98. The van der Waals surface area contributed by atoms with Gasteiger partial charge < -0.3 is 14.2 Å². The quantitative estimate of drug-likeness (QED) is 0.409. The highest BCUT2D eigenvalue weighted by molar-refractivity contribution is 8.17. The fraction of sp³-hybridized carbons (Fsp3) is 0.269. The van der Waals surface area contributed by atoms with Crippen molar-refractivity contribution in [2.24, 2.45) is 4.99 Å². The molecule has 0 saturated carbocycles. The number of carbonyl (C=O) groups excluding carboxylic acids is 1. The molecule has 4 rings (SSSR count). The fourth-order valence-electron chi connectivity index (χ4n) is 3.49. The van der Waals surface area contributed by atoms with Gasteiger partial charge >= 0.3 is 0 Å². The van der Waals surface area contributed by atoms with Crippen LogP contribution < -0.4 is 14.2 Å². The number of ether oxygens (including phenoxy) is 3. The monoisotopic (exact) mass is 477 g/mol. The molecule has 8 heteroatoms. The standard InChI is InChI=1S/C26H27N3O4S/c1-5-31-23-14-19(13-21-24(27)29-15-18(4)34-26(29)28-25(21)30)7-9-22(23)33-11-10-32-20-8-6-16(2)17(3)12-20/h6-9,12-15,27H,5,10-11H2,1-4H3. The first-order valence-electron chi connectivity index (χ1n) is 11.0. The zero-order chi connectivity index (χ0) is 24.2. The lowest BCUT2D eigenvalue weighted by Crippen LogP contribution is -2.35. The second-order valence-electron chi connectivity index (χ2n) is 7.90. The molecule has 0 spiro atoms. The number of fused-ring (bicyclic) bond motifs is 1. The lowest BCUT2D eigenvalue weighted by molar-refractivity contribution is -0.114. The van der Waals surface area contributed by atoms with Crippen LogP contribution in [0.2, 0.25) is 0 Å². The molecule has 1 N–H and O–H groups in total. The highest BCUT2D eigenvalue weighted by Gasteiger charge is 2.32. The Hall–Kier alpha value is -3.52. The molecule has 0 radical (unpaired) electrons. The Kier molecular flexibility index (Phi) is 7.07. The number of benzene rings is 2. The second kappa shape index (κ2) is 10.2. The van der Waals surface area contributed by atoms with Crippen molar-refractivity contribution in [2.45, 2.75) is 27.7 Å². The summed E-state index contributed by atoms with van der Waals surface area (Å²) in [4.78, 5) is 19.3. The molecule has 1 amide bonds. The van der Waals surface area contributed by atoms with E-state index in [0.29, 0.717) is 36.5 Å². The van der Waals surface area contributed by atoms with Gasteiger partial charge in [-0.25, -0.2) is 0 Å². The number of amides is 1. The first kappa shape index (κ1) is 23.6. The van der Waals surface area contributed by atoms with Crippen LogP contribution in [0.5, 0.6) is 17.2 Å². The van der Waals surface area contributed by atoms with Gasteiger partial charge in [0.15, 0.2) is 16.7 Å². The topological polar surface area (TPSA) is 84.2 Å². The highest BCUT2D eigenvalue weighted by Crippen LogP contribution is 2.34. The van der Waals surface area contributed by atoms with Crippen molar-refractivity contribution in [3.63, 3.8) is 0 Å².